The molecular formula is C13H25N3. The quantitative estimate of drug-likeness (QED) is 0.767. The van der Waals surface area contributed by atoms with Gasteiger partial charge in [0.2, 0.25) is 0 Å². The van der Waals surface area contributed by atoms with Crippen molar-refractivity contribution in [3.63, 3.8) is 0 Å². The van der Waals surface area contributed by atoms with Gasteiger partial charge in [0.15, 0.2) is 0 Å². The molecule has 2 heterocycles. The van der Waals surface area contributed by atoms with Crippen LogP contribution in [0, 0.1) is 0 Å². The molecule has 16 heavy (non-hydrogen) atoms. The van der Waals surface area contributed by atoms with Gasteiger partial charge >= 0.3 is 0 Å². The summed E-state index contributed by atoms with van der Waals surface area (Å²) < 4.78 is 0. The summed E-state index contributed by atoms with van der Waals surface area (Å²) in [6.07, 6.45) is 5.59. The number of likely N-dealkylation sites (N-methyl/N-ethyl adjacent to an activating group) is 1. The van der Waals surface area contributed by atoms with Crippen molar-refractivity contribution in [1.82, 2.24) is 15.1 Å². The minimum atomic E-state index is 0.751. The fourth-order valence-corrected chi connectivity index (χ4v) is 3.50. The normalized spacial score (nSPS) is 42.0. The summed E-state index contributed by atoms with van der Waals surface area (Å²) in [6.45, 7) is 6.22. The molecule has 3 heteroatoms. The Morgan fingerprint density at radius 3 is 2.50 bits per heavy atom. The SMILES string of the molecule is CC1CC(NC2CCN(C)C2)CN1C1CC1. The van der Waals surface area contributed by atoms with E-state index in [1.807, 2.05) is 0 Å². The van der Waals surface area contributed by atoms with Crippen LogP contribution in [-0.2, 0) is 0 Å². The van der Waals surface area contributed by atoms with Crippen molar-refractivity contribution >= 4 is 0 Å². The first-order chi connectivity index (χ1) is 7.72. The topological polar surface area (TPSA) is 18.5 Å². The fourth-order valence-electron chi connectivity index (χ4n) is 3.50. The lowest BCUT2D eigenvalue weighted by atomic mass is 10.1. The Morgan fingerprint density at radius 2 is 1.88 bits per heavy atom. The van der Waals surface area contributed by atoms with Gasteiger partial charge in [-0.25, -0.2) is 0 Å². The van der Waals surface area contributed by atoms with E-state index in [4.69, 9.17) is 0 Å². The third kappa shape index (κ3) is 2.27. The van der Waals surface area contributed by atoms with E-state index in [2.05, 4.69) is 29.1 Å². The standard InChI is InChI=1S/C13H25N3/c1-10-7-12(9-16(10)13-3-4-13)14-11-5-6-15(2)8-11/h10-14H,3-9H2,1-2H3. The molecule has 3 atom stereocenters. The molecule has 0 spiro atoms. The number of rotatable bonds is 3. The van der Waals surface area contributed by atoms with Gasteiger partial charge in [-0.3, -0.25) is 4.90 Å². The molecule has 3 fully saturated rings. The minimum Gasteiger partial charge on any atom is -0.309 e. The number of nitrogens with one attached hydrogen (secondary N) is 1. The molecule has 92 valence electrons. The molecule has 0 amide bonds. The second kappa shape index (κ2) is 4.28. The third-order valence-electron chi connectivity index (χ3n) is 4.50. The summed E-state index contributed by atoms with van der Waals surface area (Å²) in [4.78, 5) is 5.17. The van der Waals surface area contributed by atoms with Crippen molar-refractivity contribution < 1.29 is 0 Å². The Morgan fingerprint density at radius 1 is 1.06 bits per heavy atom. The summed E-state index contributed by atoms with van der Waals surface area (Å²) in [5.41, 5.74) is 0. The zero-order valence-corrected chi connectivity index (χ0v) is 10.7. The van der Waals surface area contributed by atoms with Crippen molar-refractivity contribution in [3.8, 4) is 0 Å². The van der Waals surface area contributed by atoms with Crippen molar-refractivity contribution in [2.24, 2.45) is 0 Å². The first kappa shape index (κ1) is 11.0. The molecule has 3 aliphatic rings. The molecule has 0 aromatic rings. The van der Waals surface area contributed by atoms with Crippen LogP contribution in [0.2, 0.25) is 0 Å². The van der Waals surface area contributed by atoms with Gasteiger partial charge in [-0.15, -0.1) is 0 Å². The molecule has 1 saturated carbocycles. The highest BCUT2D eigenvalue weighted by Crippen LogP contribution is 2.33. The lowest BCUT2D eigenvalue weighted by molar-refractivity contribution is 0.253. The van der Waals surface area contributed by atoms with Gasteiger partial charge in [-0.05, 0) is 46.2 Å². The Bertz CT molecular complexity index is 252. The van der Waals surface area contributed by atoms with E-state index in [1.54, 1.807) is 0 Å². The second-order valence-electron chi connectivity index (χ2n) is 6.12. The molecule has 2 aliphatic heterocycles. The molecule has 0 aromatic heterocycles. The molecule has 3 unspecified atom stereocenters. The first-order valence-corrected chi connectivity index (χ1v) is 6.92. The summed E-state index contributed by atoms with van der Waals surface area (Å²) >= 11 is 0. The summed E-state index contributed by atoms with van der Waals surface area (Å²) in [5.74, 6) is 0. The van der Waals surface area contributed by atoms with Crippen LogP contribution >= 0.6 is 0 Å². The molecule has 1 N–H and O–H groups in total. The van der Waals surface area contributed by atoms with Crippen molar-refractivity contribution in [2.75, 3.05) is 26.7 Å². The smallest absolute Gasteiger partial charge is 0.0213 e. The average Bonchev–Trinajstić information content (AvgIpc) is 2.91. The molecule has 0 radical (unpaired) electrons. The van der Waals surface area contributed by atoms with Gasteiger partial charge < -0.3 is 10.2 Å². The van der Waals surface area contributed by atoms with E-state index >= 15 is 0 Å². The third-order valence-corrected chi connectivity index (χ3v) is 4.50. The lowest BCUT2D eigenvalue weighted by Crippen LogP contribution is -2.41. The molecular weight excluding hydrogens is 198 g/mol. The maximum Gasteiger partial charge on any atom is 0.0213 e. The van der Waals surface area contributed by atoms with Gasteiger partial charge in [-0.2, -0.15) is 0 Å². The number of nitrogens with zero attached hydrogens (tertiary/aromatic N) is 2. The Labute approximate surface area is 99.2 Å². The molecule has 3 rings (SSSR count). The number of hydrogen-bond acceptors (Lipinski definition) is 3. The highest BCUT2D eigenvalue weighted by molar-refractivity contribution is 4.97. The molecule has 3 nitrogen and oxygen atoms in total. The van der Waals surface area contributed by atoms with Gasteiger partial charge in [-0.1, -0.05) is 0 Å². The zero-order chi connectivity index (χ0) is 11.1. The van der Waals surface area contributed by atoms with Crippen molar-refractivity contribution in [2.45, 2.75) is 56.8 Å². The Balaban J connectivity index is 1.49. The van der Waals surface area contributed by atoms with Crippen LogP contribution in [0.5, 0.6) is 0 Å². The maximum absolute atomic E-state index is 3.87. The van der Waals surface area contributed by atoms with E-state index in [-0.39, 0.29) is 0 Å². The van der Waals surface area contributed by atoms with Crippen LogP contribution in [0.15, 0.2) is 0 Å². The van der Waals surface area contributed by atoms with E-state index in [0.717, 1.165) is 24.2 Å². The highest BCUT2D eigenvalue weighted by Gasteiger charge is 2.39. The molecule has 0 bridgehead atoms. The summed E-state index contributed by atoms with van der Waals surface area (Å²) in [5, 5.41) is 3.87. The first-order valence-electron chi connectivity index (χ1n) is 6.92. The summed E-state index contributed by atoms with van der Waals surface area (Å²) in [7, 11) is 2.23. The highest BCUT2D eigenvalue weighted by atomic mass is 15.3. The van der Waals surface area contributed by atoms with Crippen LogP contribution in [0.4, 0.5) is 0 Å². The maximum atomic E-state index is 3.87. The predicted octanol–water partition coefficient (Wildman–Crippen LogP) is 0.905. The van der Waals surface area contributed by atoms with Crippen molar-refractivity contribution in [3.05, 3.63) is 0 Å². The van der Waals surface area contributed by atoms with Crippen LogP contribution in [0.25, 0.3) is 0 Å². The largest absolute Gasteiger partial charge is 0.309 e. The van der Waals surface area contributed by atoms with Crippen LogP contribution in [-0.4, -0.2) is 60.6 Å². The van der Waals surface area contributed by atoms with E-state index in [9.17, 15) is 0 Å². The Kier molecular flexibility index (Phi) is 2.94. The van der Waals surface area contributed by atoms with Gasteiger partial charge in [0, 0.05) is 37.3 Å². The number of hydrogen-bond donors (Lipinski definition) is 1. The lowest BCUT2D eigenvalue weighted by Gasteiger charge is -2.21. The van der Waals surface area contributed by atoms with Crippen LogP contribution in [0.1, 0.15) is 32.6 Å². The Hall–Kier alpha value is -0.120. The zero-order valence-electron chi connectivity index (χ0n) is 10.7. The van der Waals surface area contributed by atoms with Gasteiger partial charge in [0.05, 0.1) is 0 Å². The summed E-state index contributed by atoms with van der Waals surface area (Å²) in [6, 6.07) is 3.26. The van der Waals surface area contributed by atoms with E-state index in [0.29, 0.717) is 0 Å². The van der Waals surface area contributed by atoms with E-state index in [1.165, 1.54) is 45.3 Å². The van der Waals surface area contributed by atoms with Crippen LogP contribution in [0.3, 0.4) is 0 Å². The monoisotopic (exact) mass is 223 g/mol. The predicted molar refractivity (Wildman–Crippen MR) is 66.6 cm³/mol. The van der Waals surface area contributed by atoms with Crippen LogP contribution < -0.4 is 5.32 Å². The average molecular weight is 223 g/mol. The molecule has 2 saturated heterocycles. The minimum absolute atomic E-state index is 0.751. The fraction of sp³-hybridized carbons (Fsp3) is 1.00. The van der Waals surface area contributed by atoms with Gasteiger partial charge in [0.25, 0.3) is 0 Å². The van der Waals surface area contributed by atoms with E-state index < -0.39 is 0 Å². The molecule has 1 aliphatic carbocycles. The van der Waals surface area contributed by atoms with Gasteiger partial charge in [0.1, 0.15) is 0 Å². The molecule has 0 aromatic carbocycles. The second-order valence-corrected chi connectivity index (χ2v) is 6.12. The van der Waals surface area contributed by atoms with Crippen molar-refractivity contribution in [1.29, 1.82) is 0 Å². The number of likely N-dealkylation sites (tertiary alicyclic amines) is 2.